The zero-order valence-corrected chi connectivity index (χ0v) is 11.1. The lowest BCUT2D eigenvalue weighted by molar-refractivity contribution is -0.116. The molecule has 18 heavy (non-hydrogen) atoms. The smallest absolute Gasteiger partial charge is 0.236 e. The molecular formula is C12H19N5O. The maximum absolute atomic E-state index is 11.1. The van der Waals surface area contributed by atoms with Crippen LogP contribution in [0.25, 0.3) is 0 Å². The third kappa shape index (κ3) is 3.00. The second kappa shape index (κ2) is 6.05. The molecule has 0 aromatic carbocycles. The Kier molecular flexibility index (Phi) is 4.72. The second-order valence-electron chi connectivity index (χ2n) is 4.26. The molecule has 0 spiro atoms. The quantitative estimate of drug-likeness (QED) is 0.803. The second-order valence-corrected chi connectivity index (χ2v) is 4.26. The fourth-order valence-corrected chi connectivity index (χ4v) is 1.94. The van der Waals surface area contributed by atoms with Gasteiger partial charge in [-0.05, 0) is 13.3 Å². The van der Waals surface area contributed by atoms with Crippen LogP contribution >= 0.6 is 0 Å². The van der Waals surface area contributed by atoms with Gasteiger partial charge in [-0.1, -0.05) is 13.3 Å². The van der Waals surface area contributed by atoms with Gasteiger partial charge in [0.15, 0.2) is 0 Å². The molecule has 6 nitrogen and oxygen atoms in total. The largest absolute Gasteiger partial charge is 0.368 e. The maximum Gasteiger partial charge on any atom is 0.236 e. The summed E-state index contributed by atoms with van der Waals surface area (Å²) in [6, 6.07) is 2.14. The number of anilines is 1. The van der Waals surface area contributed by atoms with Gasteiger partial charge in [-0.3, -0.25) is 9.48 Å². The van der Waals surface area contributed by atoms with Crippen molar-refractivity contribution in [2.75, 3.05) is 18.0 Å². The fraction of sp³-hybridized carbons (Fsp3) is 0.583. The van der Waals surface area contributed by atoms with Gasteiger partial charge in [-0.15, -0.1) is 0 Å². The Balaban J connectivity index is 3.11. The summed E-state index contributed by atoms with van der Waals surface area (Å²) in [4.78, 5) is 13.0. The number of aryl methyl sites for hydroxylation is 2. The summed E-state index contributed by atoms with van der Waals surface area (Å²) in [6.45, 7) is 4.65. The summed E-state index contributed by atoms with van der Waals surface area (Å²) in [6.07, 6.45) is 1.94. The first kappa shape index (κ1) is 14.0. The lowest BCUT2D eigenvalue weighted by Gasteiger charge is -2.23. The number of carbonyl (C=O) groups excluding carboxylic acids is 1. The molecule has 0 aliphatic carbocycles. The highest BCUT2D eigenvalue weighted by molar-refractivity contribution is 5.80. The third-order valence-electron chi connectivity index (χ3n) is 2.73. The van der Waals surface area contributed by atoms with E-state index < -0.39 is 5.91 Å². The van der Waals surface area contributed by atoms with Crippen molar-refractivity contribution in [1.82, 2.24) is 9.78 Å². The van der Waals surface area contributed by atoms with Gasteiger partial charge >= 0.3 is 0 Å². The number of hydrogen-bond donors (Lipinski definition) is 1. The first-order valence-electron chi connectivity index (χ1n) is 5.98. The monoisotopic (exact) mass is 249 g/mol. The minimum atomic E-state index is -0.408. The van der Waals surface area contributed by atoms with Crippen molar-refractivity contribution in [3.05, 3.63) is 11.3 Å². The number of amides is 1. The Morgan fingerprint density at radius 2 is 2.28 bits per heavy atom. The number of primary amides is 1. The van der Waals surface area contributed by atoms with Crippen LogP contribution in [0, 0.1) is 18.3 Å². The number of aromatic nitrogens is 2. The number of nitrogens with two attached hydrogens (primary N) is 1. The van der Waals surface area contributed by atoms with Crippen LogP contribution in [0.15, 0.2) is 0 Å². The average molecular weight is 249 g/mol. The van der Waals surface area contributed by atoms with Gasteiger partial charge in [0.1, 0.15) is 17.5 Å². The van der Waals surface area contributed by atoms with E-state index in [0.717, 1.165) is 12.8 Å². The van der Waals surface area contributed by atoms with Crippen molar-refractivity contribution < 1.29 is 4.79 Å². The van der Waals surface area contributed by atoms with Crippen LogP contribution in [-0.2, 0) is 11.8 Å². The molecule has 0 aliphatic rings. The summed E-state index contributed by atoms with van der Waals surface area (Å²) in [5.41, 5.74) is 6.43. The van der Waals surface area contributed by atoms with Crippen molar-refractivity contribution in [1.29, 1.82) is 5.26 Å². The number of carbonyl (C=O) groups is 1. The number of unbranched alkanes of at least 4 members (excludes halogenated alkanes) is 1. The van der Waals surface area contributed by atoms with Gasteiger partial charge in [0, 0.05) is 13.6 Å². The first-order valence-corrected chi connectivity index (χ1v) is 5.98. The molecule has 6 heteroatoms. The van der Waals surface area contributed by atoms with Crippen LogP contribution in [0.3, 0.4) is 0 Å². The van der Waals surface area contributed by atoms with Crippen LogP contribution in [-0.4, -0.2) is 28.8 Å². The maximum atomic E-state index is 11.1. The molecule has 1 heterocycles. The van der Waals surface area contributed by atoms with Gasteiger partial charge in [-0.25, -0.2) is 0 Å². The van der Waals surface area contributed by atoms with Gasteiger partial charge in [-0.2, -0.15) is 10.4 Å². The SMILES string of the molecule is CCCCN(CC(N)=O)c1c(C#N)c(C)nn1C. The van der Waals surface area contributed by atoms with Gasteiger partial charge < -0.3 is 10.6 Å². The Bertz CT molecular complexity index is 472. The Morgan fingerprint density at radius 1 is 1.61 bits per heavy atom. The molecule has 0 aliphatic heterocycles. The molecule has 1 rings (SSSR count). The van der Waals surface area contributed by atoms with E-state index in [1.807, 2.05) is 4.90 Å². The molecule has 2 N–H and O–H groups in total. The molecule has 0 unspecified atom stereocenters. The summed E-state index contributed by atoms with van der Waals surface area (Å²) in [5.74, 6) is 0.260. The lowest BCUT2D eigenvalue weighted by atomic mass is 10.2. The highest BCUT2D eigenvalue weighted by atomic mass is 16.1. The Labute approximate surface area is 107 Å². The topological polar surface area (TPSA) is 87.9 Å². The van der Waals surface area contributed by atoms with Crippen molar-refractivity contribution in [2.45, 2.75) is 26.7 Å². The van der Waals surface area contributed by atoms with Crippen LogP contribution in [0.1, 0.15) is 31.0 Å². The van der Waals surface area contributed by atoms with E-state index in [0.29, 0.717) is 23.6 Å². The number of hydrogen-bond acceptors (Lipinski definition) is 4. The van der Waals surface area contributed by atoms with E-state index in [-0.39, 0.29) is 6.54 Å². The van der Waals surface area contributed by atoms with Crippen LogP contribution in [0.5, 0.6) is 0 Å². The number of nitriles is 1. The molecule has 1 aromatic heterocycles. The van der Waals surface area contributed by atoms with E-state index >= 15 is 0 Å². The fourth-order valence-electron chi connectivity index (χ4n) is 1.94. The molecule has 1 aromatic rings. The van der Waals surface area contributed by atoms with Crippen LogP contribution in [0.2, 0.25) is 0 Å². The van der Waals surface area contributed by atoms with E-state index in [1.54, 1.807) is 18.7 Å². The molecule has 98 valence electrons. The summed E-state index contributed by atoms with van der Waals surface area (Å²) < 4.78 is 1.63. The van der Waals surface area contributed by atoms with Crippen molar-refractivity contribution in [2.24, 2.45) is 12.8 Å². The molecule has 1 amide bonds. The van der Waals surface area contributed by atoms with Gasteiger partial charge in [0.2, 0.25) is 5.91 Å². The molecule has 0 radical (unpaired) electrons. The van der Waals surface area contributed by atoms with E-state index in [1.165, 1.54) is 0 Å². The van der Waals surface area contributed by atoms with Crippen molar-refractivity contribution in [3.8, 4) is 6.07 Å². The van der Waals surface area contributed by atoms with Gasteiger partial charge in [0.25, 0.3) is 0 Å². The zero-order chi connectivity index (χ0) is 13.7. The number of rotatable bonds is 6. The van der Waals surface area contributed by atoms with Gasteiger partial charge in [0.05, 0.1) is 12.2 Å². The van der Waals surface area contributed by atoms with Crippen molar-refractivity contribution >= 4 is 11.7 Å². The molecule has 0 atom stereocenters. The van der Waals surface area contributed by atoms with Crippen molar-refractivity contribution in [3.63, 3.8) is 0 Å². The van der Waals surface area contributed by atoms with Crippen LogP contribution < -0.4 is 10.6 Å². The predicted molar refractivity (Wildman–Crippen MR) is 69.0 cm³/mol. The predicted octanol–water partition coefficient (Wildman–Crippen LogP) is 0.692. The Morgan fingerprint density at radius 3 is 2.78 bits per heavy atom. The summed E-state index contributed by atoms with van der Waals surface area (Å²) >= 11 is 0. The molecule has 0 saturated carbocycles. The molecule has 0 fully saturated rings. The molecule has 0 saturated heterocycles. The summed E-state index contributed by atoms with van der Waals surface area (Å²) in [5, 5.41) is 13.4. The average Bonchev–Trinajstić information content (AvgIpc) is 2.58. The third-order valence-corrected chi connectivity index (χ3v) is 2.73. The highest BCUT2D eigenvalue weighted by Crippen LogP contribution is 2.22. The Hall–Kier alpha value is -2.03. The first-order chi connectivity index (χ1) is 8.51. The van der Waals surface area contributed by atoms with E-state index in [9.17, 15) is 10.1 Å². The molecule has 0 bridgehead atoms. The zero-order valence-electron chi connectivity index (χ0n) is 11.1. The lowest BCUT2D eigenvalue weighted by Crippen LogP contribution is -2.36. The minimum absolute atomic E-state index is 0.105. The van der Waals surface area contributed by atoms with E-state index in [4.69, 9.17) is 5.73 Å². The highest BCUT2D eigenvalue weighted by Gasteiger charge is 2.20. The summed E-state index contributed by atoms with van der Waals surface area (Å²) in [7, 11) is 1.77. The standard InChI is InChI=1S/C12H19N5O/c1-4-5-6-17(8-11(14)18)12-10(7-13)9(2)15-16(12)3/h4-6,8H2,1-3H3,(H2,14,18). The normalized spacial score (nSPS) is 10.1. The van der Waals surface area contributed by atoms with E-state index in [2.05, 4.69) is 18.1 Å². The minimum Gasteiger partial charge on any atom is -0.368 e. The van der Waals surface area contributed by atoms with Crippen LogP contribution in [0.4, 0.5) is 5.82 Å². The number of nitrogens with zero attached hydrogens (tertiary/aromatic N) is 4. The molecular weight excluding hydrogens is 230 g/mol.